The van der Waals surface area contributed by atoms with Crippen molar-refractivity contribution in [1.82, 2.24) is 10.6 Å². The zero-order valence-corrected chi connectivity index (χ0v) is 15.3. The molecular weight excluding hydrogens is 296 g/mol. The number of carbonyl (C=O) groups excluding carboxylic acids is 1. The van der Waals surface area contributed by atoms with Gasteiger partial charge in [0.05, 0.1) is 0 Å². The first kappa shape index (κ1) is 20.9. The van der Waals surface area contributed by atoms with Gasteiger partial charge in [-0.2, -0.15) is 0 Å². The van der Waals surface area contributed by atoms with Crippen molar-refractivity contribution in [3.05, 3.63) is 35.4 Å². The molecule has 0 fully saturated rings. The molecule has 1 rings (SSSR count). The fourth-order valence-electron chi connectivity index (χ4n) is 2.21. The summed E-state index contributed by atoms with van der Waals surface area (Å²) < 4.78 is 0. The molecule has 0 heterocycles. The van der Waals surface area contributed by atoms with Crippen molar-refractivity contribution in [1.29, 1.82) is 0 Å². The highest BCUT2D eigenvalue weighted by Gasteiger charge is 2.13. The summed E-state index contributed by atoms with van der Waals surface area (Å²) in [5.41, 5.74) is 2.73. The summed E-state index contributed by atoms with van der Waals surface area (Å²) in [6.45, 7) is 12.4. The highest BCUT2D eigenvalue weighted by molar-refractivity contribution is 5.85. The first-order valence-electron chi connectivity index (χ1n) is 7.92. The lowest BCUT2D eigenvalue weighted by Gasteiger charge is -2.19. The predicted molar refractivity (Wildman–Crippen MR) is 96.9 cm³/mol. The highest BCUT2D eigenvalue weighted by atomic mass is 35.5. The van der Waals surface area contributed by atoms with E-state index in [0.717, 1.165) is 13.0 Å². The van der Waals surface area contributed by atoms with Gasteiger partial charge in [-0.25, -0.2) is 0 Å². The van der Waals surface area contributed by atoms with Crippen LogP contribution in [-0.2, 0) is 16.6 Å². The molecule has 0 unspecified atom stereocenters. The van der Waals surface area contributed by atoms with Crippen LogP contribution in [0.4, 0.5) is 0 Å². The fourth-order valence-corrected chi connectivity index (χ4v) is 2.21. The molecule has 2 N–H and O–H groups in total. The van der Waals surface area contributed by atoms with E-state index in [2.05, 4.69) is 69.5 Å². The van der Waals surface area contributed by atoms with E-state index in [1.54, 1.807) is 0 Å². The third-order valence-electron chi connectivity index (χ3n) is 3.62. The summed E-state index contributed by atoms with van der Waals surface area (Å²) in [5.74, 6) is 0.125. The maximum Gasteiger partial charge on any atom is 0.220 e. The summed E-state index contributed by atoms with van der Waals surface area (Å²) in [7, 11) is 0. The van der Waals surface area contributed by atoms with Gasteiger partial charge in [-0.15, -0.1) is 12.4 Å². The molecule has 1 amide bonds. The second-order valence-corrected chi connectivity index (χ2v) is 6.71. The van der Waals surface area contributed by atoms with E-state index in [-0.39, 0.29) is 23.7 Å². The van der Waals surface area contributed by atoms with Crippen molar-refractivity contribution in [3.63, 3.8) is 0 Å². The standard InChI is InChI=1S/C18H30N2O.ClH/c1-6-19-14(2)13-20-17(21)12-9-15-7-10-16(11-8-15)18(3,4)5;/h7-8,10-11,14,19H,6,9,12-13H2,1-5H3,(H,20,21);1H/t14-;/m1./s1. The smallest absolute Gasteiger partial charge is 0.220 e. The quantitative estimate of drug-likeness (QED) is 0.805. The predicted octanol–water partition coefficient (Wildman–Crippen LogP) is 3.45. The number of amides is 1. The minimum absolute atomic E-state index is 0. The van der Waals surface area contributed by atoms with Crippen LogP contribution in [0, 0.1) is 0 Å². The van der Waals surface area contributed by atoms with Crippen LogP contribution in [0.5, 0.6) is 0 Å². The molecule has 1 aromatic rings. The number of halogens is 1. The second-order valence-electron chi connectivity index (χ2n) is 6.71. The Morgan fingerprint density at radius 3 is 2.27 bits per heavy atom. The van der Waals surface area contributed by atoms with Crippen LogP contribution >= 0.6 is 12.4 Å². The second kappa shape index (κ2) is 9.86. The Bertz CT molecular complexity index is 437. The third kappa shape index (κ3) is 7.81. The first-order chi connectivity index (χ1) is 9.82. The molecule has 0 saturated carbocycles. The average Bonchev–Trinajstić information content (AvgIpc) is 2.43. The van der Waals surface area contributed by atoms with E-state index in [1.807, 2.05) is 0 Å². The average molecular weight is 327 g/mol. The number of nitrogens with one attached hydrogen (secondary N) is 2. The van der Waals surface area contributed by atoms with Gasteiger partial charge >= 0.3 is 0 Å². The van der Waals surface area contributed by atoms with Gasteiger partial charge in [0, 0.05) is 19.0 Å². The van der Waals surface area contributed by atoms with Gasteiger partial charge < -0.3 is 10.6 Å². The lowest BCUT2D eigenvalue weighted by molar-refractivity contribution is -0.121. The summed E-state index contributed by atoms with van der Waals surface area (Å²) >= 11 is 0. The van der Waals surface area contributed by atoms with Crippen molar-refractivity contribution >= 4 is 18.3 Å². The van der Waals surface area contributed by atoms with Gasteiger partial charge in [0.25, 0.3) is 0 Å². The van der Waals surface area contributed by atoms with E-state index < -0.39 is 0 Å². The number of likely N-dealkylation sites (N-methyl/N-ethyl adjacent to an activating group) is 1. The van der Waals surface area contributed by atoms with Crippen molar-refractivity contribution < 1.29 is 4.79 Å². The summed E-state index contributed by atoms with van der Waals surface area (Å²) in [6, 6.07) is 8.93. The molecule has 0 bridgehead atoms. The van der Waals surface area contributed by atoms with Crippen LogP contribution in [0.1, 0.15) is 52.2 Å². The largest absolute Gasteiger partial charge is 0.355 e. The molecule has 1 atom stereocenters. The van der Waals surface area contributed by atoms with E-state index in [0.29, 0.717) is 19.0 Å². The molecule has 0 radical (unpaired) electrons. The Morgan fingerprint density at radius 1 is 1.18 bits per heavy atom. The van der Waals surface area contributed by atoms with Crippen LogP contribution in [-0.4, -0.2) is 25.0 Å². The molecule has 0 spiro atoms. The zero-order chi connectivity index (χ0) is 15.9. The van der Waals surface area contributed by atoms with E-state index in [4.69, 9.17) is 0 Å². The monoisotopic (exact) mass is 326 g/mol. The highest BCUT2D eigenvalue weighted by Crippen LogP contribution is 2.22. The summed E-state index contributed by atoms with van der Waals surface area (Å²) in [4.78, 5) is 11.8. The molecule has 0 aliphatic carbocycles. The third-order valence-corrected chi connectivity index (χ3v) is 3.62. The van der Waals surface area contributed by atoms with Crippen LogP contribution in [0.25, 0.3) is 0 Å². The number of benzene rings is 1. The number of hydrogen-bond donors (Lipinski definition) is 2. The fraction of sp³-hybridized carbons (Fsp3) is 0.611. The Hall–Kier alpha value is -1.06. The molecule has 4 heteroatoms. The van der Waals surface area contributed by atoms with Crippen molar-refractivity contribution in [2.45, 2.75) is 58.9 Å². The van der Waals surface area contributed by atoms with Crippen molar-refractivity contribution in [3.8, 4) is 0 Å². The Labute approximate surface area is 141 Å². The molecule has 1 aromatic carbocycles. The Balaban J connectivity index is 0.00000441. The Morgan fingerprint density at radius 2 is 1.77 bits per heavy atom. The molecule has 0 aromatic heterocycles. The van der Waals surface area contributed by atoms with E-state index >= 15 is 0 Å². The summed E-state index contributed by atoms with van der Waals surface area (Å²) in [5, 5.41) is 6.25. The normalized spacial score (nSPS) is 12.4. The molecule has 22 heavy (non-hydrogen) atoms. The van der Waals surface area contributed by atoms with Crippen LogP contribution < -0.4 is 10.6 Å². The van der Waals surface area contributed by atoms with Crippen molar-refractivity contribution in [2.24, 2.45) is 0 Å². The van der Waals surface area contributed by atoms with Gasteiger partial charge in [0.15, 0.2) is 0 Å². The van der Waals surface area contributed by atoms with E-state index in [1.165, 1.54) is 11.1 Å². The molecule has 126 valence electrons. The van der Waals surface area contributed by atoms with Crippen LogP contribution in [0.15, 0.2) is 24.3 Å². The van der Waals surface area contributed by atoms with Crippen LogP contribution in [0.3, 0.4) is 0 Å². The van der Waals surface area contributed by atoms with Gasteiger partial charge in [0.1, 0.15) is 0 Å². The molecular formula is C18H31ClN2O. The van der Waals surface area contributed by atoms with Gasteiger partial charge in [-0.05, 0) is 36.4 Å². The van der Waals surface area contributed by atoms with Gasteiger partial charge in [0.2, 0.25) is 5.91 Å². The molecule has 3 nitrogen and oxygen atoms in total. The molecule has 0 aliphatic heterocycles. The van der Waals surface area contributed by atoms with E-state index in [9.17, 15) is 4.79 Å². The van der Waals surface area contributed by atoms with Gasteiger partial charge in [-0.1, -0.05) is 52.0 Å². The first-order valence-corrected chi connectivity index (χ1v) is 7.92. The molecule has 0 aliphatic rings. The van der Waals surface area contributed by atoms with Crippen LogP contribution in [0.2, 0.25) is 0 Å². The number of carbonyl (C=O) groups is 1. The number of aryl methyl sites for hydroxylation is 1. The van der Waals surface area contributed by atoms with Gasteiger partial charge in [-0.3, -0.25) is 4.79 Å². The topological polar surface area (TPSA) is 41.1 Å². The van der Waals surface area contributed by atoms with Crippen molar-refractivity contribution in [2.75, 3.05) is 13.1 Å². The minimum Gasteiger partial charge on any atom is -0.355 e. The maximum atomic E-state index is 11.8. The maximum absolute atomic E-state index is 11.8. The SMILES string of the molecule is CCN[C@H](C)CNC(=O)CCc1ccc(C(C)(C)C)cc1.Cl. The minimum atomic E-state index is 0. The number of rotatable bonds is 7. The molecule has 0 saturated heterocycles. The lowest BCUT2D eigenvalue weighted by Crippen LogP contribution is -2.38. The number of hydrogen-bond acceptors (Lipinski definition) is 2. The summed E-state index contributed by atoms with van der Waals surface area (Å²) in [6.07, 6.45) is 1.35. The zero-order valence-electron chi connectivity index (χ0n) is 14.5. The Kier molecular flexibility index (Phi) is 9.38. The lowest BCUT2D eigenvalue weighted by atomic mass is 9.86.